The minimum Gasteiger partial charge on any atom is -0.463 e. The van der Waals surface area contributed by atoms with E-state index in [0.717, 1.165) is 17.8 Å². The molecule has 0 aliphatic heterocycles. The molecule has 0 aliphatic carbocycles. The minimum atomic E-state index is -0.313. The maximum absolute atomic E-state index is 12.3. The van der Waals surface area contributed by atoms with E-state index in [9.17, 15) is 4.79 Å². The Balaban J connectivity index is 1.88. The van der Waals surface area contributed by atoms with E-state index < -0.39 is 0 Å². The molecule has 6 nitrogen and oxygen atoms in total. The monoisotopic (exact) mass is 345 g/mol. The first-order valence-corrected chi connectivity index (χ1v) is 8.60. The first-order chi connectivity index (χ1) is 11.9. The zero-order chi connectivity index (χ0) is 18.4. The number of imidazole rings is 1. The average molecular weight is 345 g/mol. The van der Waals surface area contributed by atoms with Gasteiger partial charge in [-0.1, -0.05) is 38.1 Å². The van der Waals surface area contributed by atoms with Crippen LogP contribution in [0.5, 0.6) is 0 Å². The van der Waals surface area contributed by atoms with Crippen molar-refractivity contribution in [3.8, 4) is 0 Å². The van der Waals surface area contributed by atoms with E-state index in [4.69, 9.17) is 9.94 Å². The molecule has 1 unspecified atom stereocenters. The highest BCUT2D eigenvalue weighted by Gasteiger charge is 2.17. The zero-order valence-electron chi connectivity index (χ0n) is 15.3. The van der Waals surface area contributed by atoms with Crippen LogP contribution in [0.15, 0.2) is 30.5 Å². The van der Waals surface area contributed by atoms with Crippen LogP contribution < -0.4 is 5.48 Å². The van der Waals surface area contributed by atoms with Crippen molar-refractivity contribution >= 4 is 11.8 Å². The van der Waals surface area contributed by atoms with Crippen molar-refractivity contribution in [1.29, 1.82) is 0 Å². The van der Waals surface area contributed by atoms with Gasteiger partial charge in [-0.15, -0.1) is 0 Å². The van der Waals surface area contributed by atoms with Crippen LogP contribution in [-0.4, -0.2) is 27.3 Å². The van der Waals surface area contributed by atoms with E-state index in [2.05, 4.69) is 36.4 Å². The van der Waals surface area contributed by atoms with Crippen molar-refractivity contribution in [1.82, 2.24) is 9.55 Å². The largest absolute Gasteiger partial charge is 0.463 e. The lowest BCUT2D eigenvalue weighted by Crippen LogP contribution is -2.17. The quantitative estimate of drug-likeness (QED) is 0.565. The van der Waals surface area contributed by atoms with Crippen molar-refractivity contribution in [2.45, 2.75) is 46.6 Å². The molecule has 0 saturated heterocycles. The summed E-state index contributed by atoms with van der Waals surface area (Å²) in [5, 5.41) is 9.04. The van der Waals surface area contributed by atoms with Gasteiger partial charge >= 0.3 is 5.97 Å². The topological polar surface area (TPSA) is 76.4 Å². The maximum Gasteiger partial charge on any atom is 0.313 e. The number of ether oxygens (including phenoxy) is 1. The number of rotatable bonds is 8. The number of esters is 1. The van der Waals surface area contributed by atoms with Crippen LogP contribution in [0.4, 0.5) is 5.82 Å². The Labute approximate surface area is 148 Å². The second-order valence-corrected chi connectivity index (χ2v) is 6.68. The Morgan fingerprint density at radius 1 is 1.28 bits per heavy atom. The number of benzene rings is 1. The molecule has 1 aromatic carbocycles. The zero-order valence-corrected chi connectivity index (χ0v) is 15.3. The van der Waals surface area contributed by atoms with E-state index in [0.29, 0.717) is 18.3 Å². The third kappa shape index (κ3) is 5.06. The molecule has 2 rings (SSSR count). The van der Waals surface area contributed by atoms with Gasteiger partial charge in [0.1, 0.15) is 18.2 Å². The Morgan fingerprint density at radius 3 is 2.56 bits per heavy atom. The molecule has 0 bridgehead atoms. The molecule has 1 atom stereocenters. The number of aromatic nitrogens is 2. The fraction of sp³-hybridized carbons (Fsp3) is 0.474. The van der Waals surface area contributed by atoms with Crippen molar-refractivity contribution in [3.63, 3.8) is 0 Å². The molecule has 1 heterocycles. The van der Waals surface area contributed by atoms with Crippen LogP contribution in [0.3, 0.4) is 0 Å². The van der Waals surface area contributed by atoms with Crippen molar-refractivity contribution < 1.29 is 14.7 Å². The lowest BCUT2D eigenvalue weighted by atomic mass is 9.97. The lowest BCUT2D eigenvalue weighted by molar-refractivity contribution is -0.145. The lowest BCUT2D eigenvalue weighted by Gasteiger charge is -2.14. The summed E-state index contributed by atoms with van der Waals surface area (Å²) < 4.78 is 7.13. The van der Waals surface area contributed by atoms with Crippen LogP contribution >= 0.6 is 0 Å². The molecule has 0 saturated carbocycles. The van der Waals surface area contributed by atoms with E-state index in [1.807, 2.05) is 26.0 Å². The van der Waals surface area contributed by atoms with Crippen LogP contribution in [0, 0.1) is 12.8 Å². The van der Waals surface area contributed by atoms with Gasteiger partial charge in [-0.3, -0.25) is 15.5 Å². The minimum absolute atomic E-state index is 0.223. The number of aryl methyl sites for hydroxylation is 1. The smallest absolute Gasteiger partial charge is 0.313 e. The number of anilines is 1. The molecule has 0 amide bonds. The number of hydrogen-bond acceptors (Lipinski definition) is 5. The predicted octanol–water partition coefficient (Wildman–Crippen LogP) is 3.54. The van der Waals surface area contributed by atoms with E-state index in [-0.39, 0.29) is 18.5 Å². The number of carbonyl (C=O) groups excluding carboxylic acids is 1. The molecule has 0 spiro atoms. The summed E-state index contributed by atoms with van der Waals surface area (Å²) in [7, 11) is 0. The van der Waals surface area contributed by atoms with Gasteiger partial charge in [-0.2, -0.15) is 0 Å². The van der Waals surface area contributed by atoms with Gasteiger partial charge in [0.05, 0.1) is 18.7 Å². The fourth-order valence-electron chi connectivity index (χ4n) is 2.75. The van der Waals surface area contributed by atoms with Crippen molar-refractivity contribution in [2.24, 2.45) is 5.92 Å². The molecule has 2 N–H and O–H groups in total. The fourth-order valence-corrected chi connectivity index (χ4v) is 2.75. The van der Waals surface area contributed by atoms with E-state index in [1.165, 1.54) is 11.8 Å². The number of carbonyl (C=O) groups is 1. The Morgan fingerprint density at radius 2 is 1.96 bits per heavy atom. The van der Waals surface area contributed by atoms with Crippen molar-refractivity contribution in [3.05, 3.63) is 47.4 Å². The summed E-state index contributed by atoms with van der Waals surface area (Å²) in [4.78, 5) is 16.4. The van der Waals surface area contributed by atoms with Gasteiger partial charge in [0, 0.05) is 0 Å². The average Bonchev–Trinajstić information content (AvgIpc) is 2.94. The Kier molecular flexibility index (Phi) is 6.58. The van der Waals surface area contributed by atoms with Gasteiger partial charge in [0.2, 0.25) is 0 Å². The molecule has 1 aromatic heterocycles. The number of nitrogens with zero attached hydrogens (tertiary/aromatic N) is 2. The normalized spacial score (nSPS) is 12.2. The highest BCUT2D eigenvalue weighted by molar-refractivity contribution is 5.77. The van der Waals surface area contributed by atoms with E-state index in [1.54, 1.807) is 4.57 Å². The second-order valence-electron chi connectivity index (χ2n) is 6.68. The van der Waals surface area contributed by atoms with Crippen LogP contribution in [-0.2, 0) is 22.5 Å². The van der Waals surface area contributed by atoms with Crippen LogP contribution in [0.25, 0.3) is 0 Å². The highest BCUT2D eigenvalue weighted by Crippen LogP contribution is 2.19. The molecule has 0 aliphatic rings. The molecule has 0 radical (unpaired) electrons. The summed E-state index contributed by atoms with van der Waals surface area (Å²) >= 11 is 0. The third-order valence-corrected chi connectivity index (χ3v) is 4.21. The predicted molar refractivity (Wildman–Crippen MR) is 96.7 cm³/mol. The van der Waals surface area contributed by atoms with Crippen LogP contribution in [0.1, 0.15) is 43.6 Å². The molecular formula is C19H27N3O3. The van der Waals surface area contributed by atoms with E-state index >= 15 is 0 Å². The van der Waals surface area contributed by atoms with Crippen LogP contribution in [0.2, 0.25) is 0 Å². The third-order valence-electron chi connectivity index (χ3n) is 4.21. The molecule has 0 fully saturated rings. The summed E-state index contributed by atoms with van der Waals surface area (Å²) in [5.74, 6) is 1.25. The number of hydrogen-bond donors (Lipinski definition) is 2. The van der Waals surface area contributed by atoms with Gasteiger partial charge in [-0.25, -0.2) is 4.98 Å². The first-order valence-electron chi connectivity index (χ1n) is 8.60. The molecule has 6 heteroatoms. The van der Waals surface area contributed by atoms with Gasteiger partial charge in [-0.05, 0) is 37.3 Å². The SMILES string of the molecule is Cc1ncc(NO)n1CCOC(=O)C(C)c1ccc(CC(C)C)cc1. The molecule has 2 aromatic rings. The maximum atomic E-state index is 12.3. The first kappa shape index (κ1) is 19.0. The summed E-state index contributed by atoms with van der Waals surface area (Å²) in [6, 6.07) is 8.15. The summed E-state index contributed by atoms with van der Waals surface area (Å²) in [6.07, 6.45) is 2.56. The van der Waals surface area contributed by atoms with Gasteiger partial charge < -0.3 is 9.30 Å². The molecule has 25 heavy (non-hydrogen) atoms. The standard InChI is InChI=1S/C19H27N3O3/c1-13(2)11-16-5-7-17(8-6-16)14(3)19(23)25-10-9-22-15(4)20-12-18(22)21-24/h5-8,12-14,21,24H,9-11H2,1-4H3. The van der Waals surface area contributed by atoms with Gasteiger partial charge in [0.15, 0.2) is 0 Å². The Bertz CT molecular complexity index is 692. The highest BCUT2D eigenvalue weighted by atomic mass is 16.5. The second kappa shape index (κ2) is 8.67. The number of nitrogens with one attached hydrogen (secondary N) is 1. The Hall–Kier alpha value is -2.34. The molecular weight excluding hydrogens is 318 g/mol. The van der Waals surface area contributed by atoms with Gasteiger partial charge in [0.25, 0.3) is 0 Å². The van der Waals surface area contributed by atoms with Crippen molar-refractivity contribution in [2.75, 3.05) is 12.1 Å². The summed E-state index contributed by atoms with van der Waals surface area (Å²) in [5.41, 5.74) is 4.31. The molecule has 136 valence electrons. The summed E-state index contributed by atoms with van der Waals surface area (Å²) in [6.45, 7) is 8.70.